The second-order valence-corrected chi connectivity index (χ2v) is 7.48. The molecule has 0 amide bonds. The third-order valence-electron chi connectivity index (χ3n) is 4.85. The van der Waals surface area contributed by atoms with Crippen molar-refractivity contribution in [3.8, 4) is 17.2 Å². The monoisotopic (exact) mass is 422 g/mol. The van der Waals surface area contributed by atoms with Crippen LogP contribution in [0.4, 0.5) is 0 Å². The molecular weight excluding hydrogens is 407 g/mol. The van der Waals surface area contributed by atoms with Crippen molar-refractivity contribution in [3.05, 3.63) is 86.4 Å². The largest absolute Gasteiger partial charge is 0.506 e. The Morgan fingerprint density at radius 2 is 0.926 bits per heavy atom. The molecule has 0 radical (unpaired) electrons. The minimum Gasteiger partial charge on any atom is -0.506 e. The van der Waals surface area contributed by atoms with Crippen molar-refractivity contribution in [2.45, 2.75) is 18.8 Å². The summed E-state index contributed by atoms with van der Waals surface area (Å²) in [6.07, 6.45) is 0.607. The van der Waals surface area contributed by atoms with Crippen LogP contribution in [0.25, 0.3) is 0 Å². The summed E-state index contributed by atoms with van der Waals surface area (Å²) in [5.74, 6) is -0.0475. The van der Waals surface area contributed by atoms with Crippen molar-refractivity contribution < 1.29 is 15.3 Å². The molecule has 3 nitrogen and oxygen atoms in total. The number of hydrogen-bond acceptors (Lipinski definition) is 3. The normalized spacial score (nSPS) is 11.6. The molecule has 6 heteroatoms. The first-order valence-corrected chi connectivity index (χ1v) is 9.40. The third kappa shape index (κ3) is 3.43. The van der Waals surface area contributed by atoms with E-state index in [0.717, 1.165) is 16.7 Å². The van der Waals surface area contributed by atoms with Gasteiger partial charge in [-0.05, 0) is 59.5 Å². The van der Waals surface area contributed by atoms with Crippen LogP contribution in [0.15, 0.2) is 54.6 Å². The van der Waals surface area contributed by atoms with Gasteiger partial charge in [-0.3, -0.25) is 0 Å². The highest BCUT2D eigenvalue weighted by Crippen LogP contribution is 2.46. The van der Waals surface area contributed by atoms with Gasteiger partial charge in [-0.15, -0.1) is 0 Å². The predicted molar refractivity (Wildman–Crippen MR) is 110 cm³/mol. The van der Waals surface area contributed by atoms with Gasteiger partial charge < -0.3 is 15.3 Å². The molecule has 0 unspecified atom stereocenters. The van der Waals surface area contributed by atoms with Gasteiger partial charge >= 0.3 is 0 Å². The van der Waals surface area contributed by atoms with E-state index in [1.807, 2.05) is 6.92 Å². The zero-order valence-corrected chi connectivity index (χ0v) is 16.6. The van der Waals surface area contributed by atoms with E-state index in [2.05, 4.69) is 0 Å². The Labute approximate surface area is 172 Å². The summed E-state index contributed by atoms with van der Waals surface area (Å²) in [5.41, 5.74) is 1.73. The molecule has 0 aliphatic carbocycles. The number of aromatic hydroxyl groups is 3. The maximum absolute atomic E-state index is 9.84. The Morgan fingerprint density at radius 1 is 0.630 bits per heavy atom. The van der Waals surface area contributed by atoms with Crippen LogP contribution in [0.2, 0.25) is 15.1 Å². The first-order valence-electron chi connectivity index (χ1n) is 8.26. The minimum absolute atomic E-state index is 0.0158. The van der Waals surface area contributed by atoms with Gasteiger partial charge in [0.25, 0.3) is 0 Å². The molecule has 0 saturated heterocycles. The van der Waals surface area contributed by atoms with Crippen molar-refractivity contribution in [1.29, 1.82) is 0 Å². The first kappa shape index (κ1) is 19.7. The molecule has 0 spiro atoms. The molecule has 3 rings (SSSR count). The maximum Gasteiger partial charge on any atom is 0.134 e. The van der Waals surface area contributed by atoms with Gasteiger partial charge in [0.2, 0.25) is 0 Å². The fraction of sp³-hybridized carbons (Fsp3) is 0.143. The Morgan fingerprint density at radius 3 is 1.15 bits per heavy atom. The summed E-state index contributed by atoms with van der Waals surface area (Å²) in [7, 11) is 0. The van der Waals surface area contributed by atoms with E-state index < -0.39 is 5.41 Å². The lowest BCUT2D eigenvalue weighted by Crippen LogP contribution is -2.28. The van der Waals surface area contributed by atoms with Crippen LogP contribution >= 0.6 is 34.8 Å². The van der Waals surface area contributed by atoms with Crippen LogP contribution < -0.4 is 0 Å². The fourth-order valence-corrected chi connectivity index (χ4v) is 3.97. The number of phenolic OH excluding ortho intramolecular Hbond substituents is 3. The van der Waals surface area contributed by atoms with Crippen molar-refractivity contribution in [1.82, 2.24) is 0 Å². The van der Waals surface area contributed by atoms with Crippen LogP contribution in [-0.4, -0.2) is 15.3 Å². The fourth-order valence-electron chi connectivity index (χ4n) is 3.43. The van der Waals surface area contributed by atoms with Gasteiger partial charge in [0.05, 0.1) is 15.1 Å². The van der Waals surface area contributed by atoms with E-state index in [1.165, 1.54) is 18.2 Å². The lowest BCUT2D eigenvalue weighted by atomic mass is 9.67. The molecule has 0 aliphatic rings. The molecule has 0 aromatic heterocycles. The zero-order chi connectivity index (χ0) is 19.8. The van der Waals surface area contributed by atoms with Crippen molar-refractivity contribution in [3.63, 3.8) is 0 Å². The van der Waals surface area contributed by atoms with E-state index in [4.69, 9.17) is 34.8 Å². The molecule has 3 N–H and O–H groups in total. The maximum atomic E-state index is 9.84. The average molecular weight is 424 g/mol. The van der Waals surface area contributed by atoms with Crippen LogP contribution in [0.1, 0.15) is 30.0 Å². The molecular formula is C21H17Cl3O3. The number of halogens is 3. The minimum atomic E-state index is -0.716. The zero-order valence-electron chi connectivity index (χ0n) is 14.4. The molecule has 0 atom stereocenters. The van der Waals surface area contributed by atoms with Gasteiger partial charge in [-0.1, -0.05) is 59.9 Å². The summed E-state index contributed by atoms with van der Waals surface area (Å²) in [6, 6.07) is 15.0. The molecule has 0 saturated carbocycles. The predicted octanol–water partition coefficient (Wildman–Crippen LogP) is 6.51. The summed E-state index contributed by atoms with van der Waals surface area (Å²) in [5, 5.41) is 30.2. The van der Waals surface area contributed by atoms with Crippen LogP contribution in [0.5, 0.6) is 17.2 Å². The van der Waals surface area contributed by atoms with E-state index in [1.54, 1.807) is 36.4 Å². The van der Waals surface area contributed by atoms with E-state index >= 15 is 0 Å². The van der Waals surface area contributed by atoms with Crippen molar-refractivity contribution >= 4 is 34.8 Å². The number of hydrogen-bond donors (Lipinski definition) is 3. The summed E-state index contributed by atoms with van der Waals surface area (Å²) >= 11 is 18.5. The summed E-state index contributed by atoms with van der Waals surface area (Å²) in [6.45, 7) is 2.00. The lowest BCUT2D eigenvalue weighted by Gasteiger charge is -2.35. The summed E-state index contributed by atoms with van der Waals surface area (Å²) in [4.78, 5) is 0. The number of benzene rings is 3. The molecule has 0 heterocycles. The third-order valence-corrected chi connectivity index (χ3v) is 5.76. The smallest absolute Gasteiger partial charge is 0.134 e. The Balaban J connectivity index is 2.37. The van der Waals surface area contributed by atoms with Crippen molar-refractivity contribution in [2.75, 3.05) is 0 Å². The van der Waals surface area contributed by atoms with E-state index in [9.17, 15) is 15.3 Å². The highest BCUT2D eigenvalue weighted by Gasteiger charge is 2.36. The topological polar surface area (TPSA) is 60.7 Å². The highest BCUT2D eigenvalue weighted by atomic mass is 35.5. The van der Waals surface area contributed by atoms with Gasteiger partial charge in [0.15, 0.2) is 0 Å². The van der Waals surface area contributed by atoms with Crippen LogP contribution in [-0.2, 0) is 5.41 Å². The molecule has 0 aliphatic heterocycles. The molecule has 3 aromatic rings. The quantitative estimate of drug-likeness (QED) is 0.419. The van der Waals surface area contributed by atoms with Gasteiger partial charge in [0.1, 0.15) is 17.2 Å². The second-order valence-electron chi connectivity index (χ2n) is 6.26. The van der Waals surface area contributed by atoms with Crippen LogP contribution in [0, 0.1) is 0 Å². The van der Waals surface area contributed by atoms with Gasteiger partial charge in [-0.2, -0.15) is 0 Å². The molecule has 0 fully saturated rings. The molecule has 140 valence electrons. The molecule has 27 heavy (non-hydrogen) atoms. The number of rotatable bonds is 4. The Bertz CT molecular complexity index is 877. The van der Waals surface area contributed by atoms with Crippen molar-refractivity contribution in [2.24, 2.45) is 0 Å². The molecule has 3 aromatic carbocycles. The second kappa shape index (κ2) is 7.51. The van der Waals surface area contributed by atoms with E-state index in [0.29, 0.717) is 6.42 Å². The van der Waals surface area contributed by atoms with Crippen LogP contribution in [0.3, 0.4) is 0 Å². The first-order chi connectivity index (χ1) is 12.8. The average Bonchev–Trinajstić information content (AvgIpc) is 2.64. The lowest BCUT2D eigenvalue weighted by molar-refractivity contribution is 0.473. The Hall–Kier alpha value is -2.07. The Kier molecular flexibility index (Phi) is 5.48. The SMILES string of the molecule is CCC(c1ccc(O)c(Cl)c1)(c1ccc(O)c(Cl)c1)c1ccc(O)c(Cl)c1. The van der Waals surface area contributed by atoms with Gasteiger partial charge in [-0.25, -0.2) is 0 Å². The highest BCUT2D eigenvalue weighted by molar-refractivity contribution is 6.32. The van der Waals surface area contributed by atoms with E-state index in [-0.39, 0.29) is 32.3 Å². The number of phenols is 3. The standard InChI is InChI=1S/C21H17Cl3O3/c1-2-21(12-3-6-18(25)15(22)9-12,13-4-7-19(26)16(23)10-13)14-5-8-20(27)17(24)11-14/h3-11,25-27H,2H2,1H3. The van der Waals surface area contributed by atoms with Gasteiger partial charge in [0, 0.05) is 5.41 Å². The molecule has 0 bridgehead atoms. The summed E-state index contributed by atoms with van der Waals surface area (Å²) < 4.78 is 0.